The quantitative estimate of drug-likeness (QED) is 0.576. The number of aryl methyl sites for hydroxylation is 2. The van der Waals surface area contributed by atoms with Crippen molar-refractivity contribution in [3.8, 4) is 11.3 Å². The largest absolute Gasteiger partial charge is 0.344 e. The summed E-state index contributed by atoms with van der Waals surface area (Å²) in [7, 11) is 1.87. The summed E-state index contributed by atoms with van der Waals surface area (Å²) in [6.45, 7) is 5.79. The highest BCUT2D eigenvalue weighted by molar-refractivity contribution is 5.94. The van der Waals surface area contributed by atoms with Gasteiger partial charge in [-0.25, -0.2) is 9.37 Å². The van der Waals surface area contributed by atoms with E-state index in [-0.39, 0.29) is 23.5 Å². The van der Waals surface area contributed by atoms with Gasteiger partial charge in [0.25, 0.3) is 11.7 Å². The van der Waals surface area contributed by atoms with Crippen molar-refractivity contribution >= 4 is 11.7 Å². The van der Waals surface area contributed by atoms with Gasteiger partial charge in [0, 0.05) is 23.9 Å². The number of aromatic nitrogens is 6. The van der Waals surface area contributed by atoms with Crippen LogP contribution in [-0.4, -0.2) is 35.3 Å². The first kappa shape index (κ1) is 18.7. The van der Waals surface area contributed by atoms with Gasteiger partial charge in [0.2, 0.25) is 0 Å². The van der Waals surface area contributed by atoms with E-state index in [9.17, 15) is 9.18 Å². The first-order valence-electron chi connectivity index (χ1n) is 9.13. The van der Waals surface area contributed by atoms with E-state index >= 15 is 0 Å². The highest BCUT2D eigenvalue weighted by Crippen LogP contribution is 2.23. The zero-order valence-corrected chi connectivity index (χ0v) is 16.5. The minimum absolute atomic E-state index is 0.253. The van der Waals surface area contributed by atoms with E-state index in [2.05, 4.69) is 25.5 Å². The lowest BCUT2D eigenvalue weighted by atomic mass is 10.1. The summed E-state index contributed by atoms with van der Waals surface area (Å²) in [6, 6.07) is 7.29. The van der Waals surface area contributed by atoms with Gasteiger partial charge in [-0.05, 0) is 51.1 Å². The second-order valence-corrected chi connectivity index (χ2v) is 6.91. The number of fused-ring (bicyclic) bond motifs is 1. The Labute approximate surface area is 166 Å². The molecular weight excluding hydrogens is 373 g/mol. The SMILES string of the molecule is Cc1nn(C)c(C)c1C(C)NC(=O)c1cc(-c2ccc(F)cc2)nc2ncnn12. The molecule has 0 aliphatic carbocycles. The molecule has 148 valence electrons. The molecule has 1 atom stereocenters. The smallest absolute Gasteiger partial charge is 0.270 e. The predicted molar refractivity (Wildman–Crippen MR) is 105 cm³/mol. The Hall–Kier alpha value is -3.62. The monoisotopic (exact) mass is 393 g/mol. The fourth-order valence-corrected chi connectivity index (χ4v) is 3.50. The van der Waals surface area contributed by atoms with Gasteiger partial charge >= 0.3 is 0 Å². The lowest BCUT2D eigenvalue weighted by molar-refractivity contribution is 0.0932. The van der Waals surface area contributed by atoms with Crippen LogP contribution in [0.15, 0.2) is 36.7 Å². The van der Waals surface area contributed by atoms with Gasteiger partial charge in [-0.15, -0.1) is 0 Å². The van der Waals surface area contributed by atoms with Crippen LogP contribution < -0.4 is 5.32 Å². The van der Waals surface area contributed by atoms with Gasteiger partial charge in [-0.2, -0.15) is 19.7 Å². The van der Waals surface area contributed by atoms with Crippen LogP contribution in [0.5, 0.6) is 0 Å². The lowest BCUT2D eigenvalue weighted by Crippen LogP contribution is -2.29. The molecule has 0 bridgehead atoms. The summed E-state index contributed by atoms with van der Waals surface area (Å²) in [6.07, 6.45) is 1.34. The van der Waals surface area contributed by atoms with Crippen LogP contribution in [0.3, 0.4) is 0 Å². The van der Waals surface area contributed by atoms with Gasteiger partial charge in [0.1, 0.15) is 17.8 Å². The molecule has 0 saturated carbocycles. The lowest BCUT2D eigenvalue weighted by Gasteiger charge is -2.15. The van der Waals surface area contributed by atoms with Crippen LogP contribution in [0, 0.1) is 19.7 Å². The van der Waals surface area contributed by atoms with Gasteiger partial charge in [0.05, 0.1) is 17.4 Å². The molecule has 0 aliphatic rings. The summed E-state index contributed by atoms with van der Waals surface area (Å²) in [4.78, 5) is 21.6. The molecule has 4 aromatic rings. The third kappa shape index (κ3) is 3.35. The van der Waals surface area contributed by atoms with Gasteiger partial charge in [-0.1, -0.05) is 0 Å². The summed E-state index contributed by atoms with van der Waals surface area (Å²) in [5, 5.41) is 11.5. The molecule has 0 radical (unpaired) electrons. The number of carbonyl (C=O) groups is 1. The molecule has 0 aliphatic heterocycles. The zero-order valence-electron chi connectivity index (χ0n) is 16.5. The molecule has 0 fully saturated rings. The highest BCUT2D eigenvalue weighted by atomic mass is 19.1. The van der Waals surface area contributed by atoms with Gasteiger partial charge < -0.3 is 5.32 Å². The van der Waals surface area contributed by atoms with Crippen molar-refractivity contribution in [2.24, 2.45) is 7.05 Å². The first-order chi connectivity index (χ1) is 13.8. The maximum absolute atomic E-state index is 13.3. The summed E-state index contributed by atoms with van der Waals surface area (Å²) >= 11 is 0. The van der Waals surface area contributed by atoms with E-state index in [1.807, 2.05) is 27.8 Å². The number of rotatable bonds is 4. The van der Waals surface area contributed by atoms with Crippen LogP contribution in [0.1, 0.15) is 40.4 Å². The number of halogens is 1. The molecule has 0 spiro atoms. The number of nitrogens with one attached hydrogen (secondary N) is 1. The maximum atomic E-state index is 13.3. The number of hydrogen-bond acceptors (Lipinski definition) is 5. The van der Waals surface area contributed by atoms with Crippen LogP contribution in [-0.2, 0) is 7.05 Å². The minimum Gasteiger partial charge on any atom is -0.344 e. The first-order valence-corrected chi connectivity index (χ1v) is 9.13. The van der Waals surface area contributed by atoms with Crippen molar-refractivity contribution in [3.63, 3.8) is 0 Å². The Morgan fingerprint density at radius 2 is 1.93 bits per heavy atom. The van der Waals surface area contributed by atoms with E-state index in [4.69, 9.17) is 0 Å². The minimum atomic E-state index is -0.341. The van der Waals surface area contributed by atoms with E-state index < -0.39 is 0 Å². The van der Waals surface area contributed by atoms with E-state index in [0.29, 0.717) is 17.0 Å². The average molecular weight is 393 g/mol. The molecule has 1 amide bonds. The third-order valence-electron chi connectivity index (χ3n) is 4.97. The average Bonchev–Trinajstić information content (AvgIpc) is 3.25. The molecule has 3 aromatic heterocycles. The number of hydrogen-bond donors (Lipinski definition) is 1. The molecule has 3 heterocycles. The Morgan fingerprint density at radius 1 is 1.21 bits per heavy atom. The highest BCUT2D eigenvalue weighted by Gasteiger charge is 2.21. The molecule has 1 aromatic carbocycles. The standard InChI is InChI=1S/C20H20FN7O/c1-11(18-12(2)26-27(4)13(18)3)24-19(29)17-9-16(14-5-7-15(21)8-6-14)25-20-22-10-23-28(17)20/h5-11H,1-4H3,(H,24,29). The molecule has 29 heavy (non-hydrogen) atoms. The number of carbonyl (C=O) groups excluding carboxylic acids is 1. The predicted octanol–water partition coefficient (Wildman–Crippen LogP) is 2.77. The fraction of sp³-hybridized carbons (Fsp3) is 0.250. The Bertz CT molecular complexity index is 1210. The molecule has 4 rings (SSSR count). The van der Waals surface area contributed by atoms with Crippen molar-refractivity contribution in [3.05, 3.63) is 65.1 Å². The van der Waals surface area contributed by atoms with E-state index in [1.54, 1.807) is 22.9 Å². The van der Waals surface area contributed by atoms with Crippen molar-refractivity contribution in [2.75, 3.05) is 0 Å². The van der Waals surface area contributed by atoms with Crippen molar-refractivity contribution < 1.29 is 9.18 Å². The molecule has 1 N–H and O–H groups in total. The second-order valence-electron chi connectivity index (χ2n) is 6.91. The van der Waals surface area contributed by atoms with Crippen molar-refractivity contribution in [1.29, 1.82) is 0 Å². The van der Waals surface area contributed by atoms with E-state index in [1.165, 1.54) is 23.0 Å². The molecule has 1 unspecified atom stereocenters. The molecule has 8 nitrogen and oxygen atoms in total. The third-order valence-corrected chi connectivity index (χ3v) is 4.97. The summed E-state index contributed by atoms with van der Waals surface area (Å²) in [5.74, 6) is -0.369. The molecule has 9 heteroatoms. The number of benzene rings is 1. The maximum Gasteiger partial charge on any atom is 0.270 e. The number of amides is 1. The summed E-state index contributed by atoms with van der Waals surface area (Å²) < 4.78 is 16.4. The van der Waals surface area contributed by atoms with Crippen LogP contribution in [0.25, 0.3) is 17.0 Å². The van der Waals surface area contributed by atoms with Crippen molar-refractivity contribution in [1.82, 2.24) is 34.7 Å². The van der Waals surface area contributed by atoms with Crippen molar-refractivity contribution in [2.45, 2.75) is 26.8 Å². The molecule has 0 saturated heterocycles. The topological polar surface area (TPSA) is 90.0 Å². The Kier molecular flexibility index (Phi) is 4.57. The van der Waals surface area contributed by atoms with Crippen LogP contribution >= 0.6 is 0 Å². The summed E-state index contributed by atoms with van der Waals surface area (Å²) in [5.41, 5.74) is 4.31. The molecular formula is C20H20FN7O. The normalized spacial score (nSPS) is 12.3. The fourth-order valence-electron chi connectivity index (χ4n) is 3.50. The Balaban J connectivity index is 1.71. The second kappa shape index (κ2) is 7.08. The zero-order chi connectivity index (χ0) is 20.7. The van der Waals surface area contributed by atoms with Gasteiger partial charge in [0.15, 0.2) is 0 Å². The Morgan fingerprint density at radius 3 is 2.59 bits per heavy atom. The van der Waals surface area contributed by atoms with Crippen LogP contribution in [0.2, 0.25) is 0 Å². The number of nitrogens with zero attached hydrogens (tertiary/aromatic N) is 6. The van der Waals surface area contributed by atoms with Crippen LogP contribution in [0.4, 0.5) is 4.39 Å². The van der Waals surface area contributed by atoms with E-state index in [0.717, 1.165) is 17.0 Å². The van der Waals surface area contributed by atoms with Gasteiger partial charge in [-0.3, -0.25) is 9.48 Å².